The number of imidazole rings is 1. The molecule has 0 amide bonds. The maximum atomic E-state index is 11.4. The second-order valence-electron chi connectivity index (χ2n) is 5.19. The summed E-state index contributed by atoms with van der Waals surface area (Å²) >= 11 is 0. The SMILES string of the molecule is CCc1nc2ccccc2n1CC(NC(C)C)C(=O)O. The van der Waals surface area contributed by atoms with E-state index in [0.717, 1.165) is 23.3 Å². The van der Waals surface area contributed by atoms with Crippen molar-refractivity contribution in [3.8, 4) is 0 Å². The fourth-order valence-electron chi connectivity index (χ4n) is 2.39. The van der Waals surface area contributed by atoms with Crippen molar-refractivity contribution in [2.75, 3.05) is 0 Å². The van der Waals surface area contributed by atoms with E-state index in [1.54, 1.807) is 0 Å². The summed E-state index contributed by atoms with van der Waals surface area (Å²) in [5.41, 5.74) is 1.90. The third-order valence-corrected chi connectivity index (χ3v) is 3.25. The summed E-state index contributed by atoms with van der Waals surface area (Å²) in [6.45, 7) is 6.31. The van der Waals surface area contributed by atoms with Gasteiger partial charge in [-0.05, 0) is 12.1 Å². The number of rotatable bonds is 6. The van der Waals surface area contributed by atoms with Crippen LogP contribution < -0.4 is 5.32 Å². The van der Waals surface area contributed by atoms with Gasteiger partial charge in [-0.25, -0.2) is 4.98 Å². The van der Waals surface area contributed by atoms with E-state index in [-0.39, 0.29) is 6.04 Å². The van der Waals surface area contributed by atoms with Crippen LogP contribution in [0, 0.1) is 0 Å². The number of hydrogen-bond acceptors (Lipinski definition) is 3. The summed E-state index contributed by atoms with van der Waals surface area (Å²) in [4.78, 5) is 16.0. The first-order valence-corrected chi connectivity index (χ1v) is 6.96. The molecule has 0 fully saturated rings. The van der Waals surface area contributed by atoms with Crippen LogP contribution in [0.1, 0.15) is 26.6 Å². The molecule has 5 nitrogen and oxygen atoms in total. The first kappa shape index (κ1) is 14.5. The highest BCUT2D eigenvalue weighted by Gasteiger charge is 2.21. The van der Waals surface area contributed by atoms with Gasteiger partial charge in [0, 0.05) is 12.5 Å². The Morgan fingerprint density at radius 2 is 2.10 bits per heavy atom. The molecule has 2 aromatic rings. The third kappa shape index (κ3) is 2.99. The van der Waals surface area contributed by atoms with Gasteiger partial charge in [0.1, 0.15) is 11.9 Å². The lowest BCUT2D eigenvalue weighted by Crippen LogP contribution is -2.43. The minimum absolute atomic E-state index is 0.121. The van der Waals surface area contributed by atoms with E-state index in [0.29, 0.717) is 6.54 Å². The third-order valence-electron chi connectivity index (χ3n) is 3.25. The first-order chi connectivity index (χ1) is 9.52. The lowest BCUT2D eigenvalue weighted by atomic mass is 10.2. The number of fused-ring (bicyclic) bond motifs is 1. The predicted molar refractivity (Wildman–Crippen MR) is 78.8 cm³/mol. The van der Waals surface area contributed by atoms with Gasteiger partial charge in [0.2, 0.25) is 0 Å². The monoisotopic (exact) mass is 275 g/mol. The van der Waals surface area contributed by atoms with Crippen LogP contribution in [0.5, 0.6) is 0 Å². The van der Waals surface area contributed by atoms with Crippen LogP contribution >= 0.6 is 0 Å². The van der Waals surface area contributed by atoms with Crippen molar-refractivity contribution in [2.24, 2.45) is 0 Å². The van der Waals surface area contributed by atoms with Crippen LogP contribution in [0.4, 0.5) is 0 Å². The number of aryl methyl sites for hydroxylation is 1. The molecular formula is C15H21N3O2. The van der Waals surface area contributed by atoms with Crippen LogP contribution in [0.3, 0.4) is 0 Å². The zero-order chi connectivity index (χ0) is 14.7. The van der Waals surface area contributed by atoms with Crippen LogP contribution in [0.2, 0.25) is 0 Å². The van der Waals surface area contributed by atoms with Gasteiger partial charge in [-0.1, -0.05) is 32.9 Å². The molecule has 0 aliphatic rings. The van der Waals surface area contributed by atoms with Crippen molar-refractivity contribution in [3.63, 3.8) is 0 Å². The minimum Gasteiger partial charge on any atom is -0.480 e. The molecule has 0 radical (unpaired) electrons. The number of aliphatic carboxylic acids is 1. The summed E-state index contributed by atoms with van der Waals surface area (Å²) in [6.07, 6.45) is 0.780. The highest BCUT2D eigenvalue weighted by Crippen LogP contribution is 2.17. The molecule has 5 heteroatoms. The molecule has 1 atom stereocenters. The van der Waals surface area contributed by atoms with E-state index in [9.17, 15) is 9.90 Å². The molecule has 20 heavy (non-hydrogen) atoms. The quantitative estimate of drug-likeness (QED) is 0.846. The Bertz CT molecular complexity index is 604. The van der Waals surface area contributed by atoms with Crippen molar-refractivity contribution in [2.45, 2.75) is 45.8 Å². The van der Waals surface area contributed by atoms with Gasteiger partial charge in [-0.15, -0.1) is 0 Å². The van der Waals surface area contributed by atoms with E-state index in [4.69, 9.17) is 0 Å². The fourth-order valence-corrected chi connectivity index (χ4v) is 2.39. The van der Waals surface area contributed by atoms with Crippen molar-refractivity contribution in [1.82, 2.24) is 14.9 Å². The zero-order valence-electron chi connectivity index (χ0n) is 12.1. The number of nitrogens with zero attached hydrogens (tertiary/aromatic N) is 2. The number of aromatic nitrogens is 2. The smallest absolute Gasteiger partial charge is 0.322 e. The second-order valence-corrected chi connectivity index (χ2v) is 5.19. The van der Waals surface area contributed by atoms with E-state index in [1.807, 2.05) is 49.6 Å². The van der Waals surface area contributed by atoms with Gasteiger partial charge >= 0.3 is 5.97 Å². The molecule has 0 aliphatic heterocycles. The van der Waals surface area contributed by atoms with Crippen molar-refractivity contribution in [3.05, 3.63) is 30.1 Å². The lowest BCUT2D eigenvalue weighted by Gasteiger charge is -2.19. The maximum absolute atomic E-state index is 11.4. The summed E-state index contributed by atoms with van der Waals surface area (Å²) in [7, 11) is 0. The van der Waals surface area contributed by atoms with Gasteiger partial charge in [0.15, 0.2) is 0 Å². The predicted octanol–water partition coefficient (Wildman–Crippen LogP) is 2.05. The van der Waals surface area contributed by atoms with Crippen LogP contribution in [0.25, 0.3) is 11.0 Å². The maximum Gasteiger partial charge on any atom is 0.322 e. The Morgan fingerprint density at radius 3 is 2.70 bits per heavy atom. The highest BCUT2D eigenvalue weighted by atomic mass is 16.4. The summed E-state index contributed by atoms with van der Waals surface area (Å²) in [5, 5.41) is 12.4. The molecular weight excluding hydrogens is 254 g/mol. The Kier molecular flexibility index (Phi) is 4.39. The van der Waals surface area contributed by atoms with Crippen molar-refractivity contribution >= 4 is 17.0 Å². The van der Waals surface area contributed by atoms with E-state index in [1.165, 1.54) is 0 Å². The number of nitrogens with one attached hydrogen (secondary N) is 1. The fraction of sp³-hybridized carbons (Fsp3) is 0.467. The second kappa shape index (κ2) is 6.05. The van der Waals surface area contributed by atoms with E-state index < -0.39 is 12.0 Å². The van der Waals surface area contributed by atoms with Gasteiger partial charge in [0.05, 0.1) is 17.6 Å². The normalized spacial score (nSPS) is 13.0. The van der Waals surface area contributed by atoms with Gasteiger partial charge in [0.25, 0.3) is 0 Å². The zero-order valence-corrected chi connectivity index (χ0v) is 12.1. The number of para-hydroxylation sites is 2. The van der Waals surface area contributed by atoms with Crippen LogP contribution in [-0.2, 0) is 17.8 Å². The number of benzene rings is 1. The number of hydrogen-bond donors (Lipinski definition) is 2. The molecule has 1 heterocycles. The molecule has 0 aliphatic carbocycles. The molecule has 2 N–H and O–H groups in total. The van der Waals surface area contributed by atoms with Gasteiger partial charge in [-0.2, -0.15) is 0 Å². The first-order valence-electron chi connectivity index (χ1n) is 6.96. The van der Waals surface area contributed by atoms with Gasteiger partial charge in [-0.3, -0.25) is 4.79 Å². The van der Waals surface area contributed by atoms with Crippen LogP contribution in [-0.4, -0.2) is 32.7 Å². The lowest BCUT2D eigenvalue weighted by molar-refractivity contribution is -0.140. The molecule has 1 aromatic heterocycles. The summed E-state index contributed by atoms with van der Waals surface area (Å²) in [5.74, 6) is 0.0848. The molecule has 0 bridgehead atoms. The van der Waals surface area contributed by atoms with Crippen LogP contribution in [0.15, 0.2) is 24.3 Å². The molecule has 0 saturated heterocycles. The van der Waals surface area contributed by atoms with Gasteiger partial charge < -0.3 is 15.0 Å². The summed E-state index contributed by atoms with van der Waals surface area (Å²) in [6, 6.07) is 7.34. The number of carbonyl (C=O) groups is 1. The molecule has 0 spiro atoms. The average molecular weight is 275 g/mol. The van der Waals surface area contributed by atoms with Crippen molar-refractivity contribution < 1.29 is 9.90 Å². The summed E-state index contributed by atoms with van der Waals surface area (Å²) < 4.78 is 2.00. The van der Waals surface area contributed by atoms with Crippen molar-refractivity contribution in [1.29, 1.82) is 0 Å². The Morgan fingerprint density at radius 1 is 1.40 bits per heavy atom. The largest absolute Gasteiger partial charge is 0.480 e. The average Bonchev–Trinajstić information content (AvgIpc) is 2.75. The number of carboxylic acids is 1. The Balaban J connectivity index is 2.37. The minimum atomic E-state index is -0.835. The highest BCUT2D eigenvalue weighted by molar-refractivity contribution is 5.77. The number of carboxylic acid groups (broad SMARTS) is 1. The molecule has 108 valence electrons. The molecule has 1 aromatic carbocycles. The topological polar surface area (TPSA) is 67.2 Å². The van der Waals surface area contributed by atoms with E-state index >= 15 is 0 Å². The van der Waals surface area contributed by atoms with E-state index in [2.05, 4.69) is 10.3 Å². The molecule has 0 saturated carbocycles. The standard InChI is InChI=1S/C15H21N3O2/c1-4-14-17-11-7-5-6-8-13(11)18(14)9-12(15(19)20)16-10(2)3/h5-8,10,12,16H,4,9H2,1-3H3,(H,19,20). The Labute approximate surface area is 118 Å². The Hall–Kier alpha value is -1.88. The molecule has 2 rings (SSSR count). The molecule has 1 unspecified atom stereocenters.